The van der Waals surface area contributed by atoms with Crippen molar-refractivity contribution in [2.24, 2.45) is 13.0 Å². The molecule has 130 valence electrons. The molecule has 1 fully saturated rings. The van der Waals surface area contributed by atoms with Gasteiger partial charge in [0, 0.05) is 49.4 Å². The Morgan fingerprint density at radius 3 is 2.73 bits per heavy atom. The number of nitrogens with one attached hydrogen (secondary N) is 2. The number of fused-ring (bicyclic) bond motifs is 1. The van der Waals surface area contributed by atoms with Crippen LogP contribution in [0.1, 0.15) is 24.0 Å². The van der Waals surface area contributed by atoms with Crippen molar-refractivity contribution < 1.29 is 4.79 Å². The molecule has 3 aromatic heterocycles. The molecule has 0 atom stereocenters. The van der Waals surface area contributed by atoms with Gasteiger partial charge in [-0.05, 0) is 18.9 Å². The van der Waals surface area contributed by atoms with E-state index in [0.29, 0.717) is 5.82 Å². The Kier molecular flexibility index (Phi) is 4.01. The minimum absolute atomic E-state index is 0.0303. The summed E-state index contributed by atoms with van der Waals surface area (Å²) in [5, 5.41) is 11.8. The number of carbonyl (C=O) groups excluding carboxylic acids is 1. The van der Waals surface area contributed by atoms with Crippen molar-refractivity contribution in [1.29, 1.82) is 0 Å². The van der Waals surface area contributed by atoms with E-state index in [1.54, 1.807) is 23.3 Å². The zero-order valence-corrected chi connectivity index (χ0v) is 14.6. The molecule has 2 N–H and O–H groups in total. The van der Waals surface area contributed by atoms with Crippen molar-refractivity contribution in [3.63, 3.8) is 0 Å². The fraction of sp³-hybridized carbons (Fsp3) is 0.263. The van der Waals surface area contributed by atoms with Crippen LogP contribution < -0.4 is 10.6 Å². The van der Waals surface area contributed by atoms with Gasteiger partial charge in [-0.2, -0.15) is 5.10 Å². The Labute approximate surface area is 150 Å². The van der Waals surface area contributed by atoms with E-state index in [4.69, 9.17) is 0 Å². The van der Waals surface area contributed by atoms with E-state index >= 15 is 0 Å². The van der Waals surface area contributed by atoms with Gasteiger partial charge < -0.3 is 10.6 Å². The molecule has 1 amide bonds. The molecule has 0 spiro atoms. The maximum absolute atomic E-state index is 12.0. The number of rotatable bonds is 3. The number of aromatic nitrogens is 4. The van der Waals surface area contributed by atoms with Crippen LogP contribution in [0.2, 0.25) is 0 Å². The molecule has 0 unspecified atom stereocenters. The third-order valence-corrected chi connectivity index (χ3v) is 4.25. The van der Waals surface area contributed by atoms with Crippen LogP contribution in [0.4, 0.5) is 11.6 Å². The average Bonchev–Trinajstić information content (AvgIpc) is 3.42. The first-order valence-electron chi connectivity index (χ1n) is 8.42. The second kappa shape index (κ2) is 6.48. The van der Waals surface area contributed by atoms with Crippen molar-refractivity contribution in [2.45, 2.75) is 12.8 Å². The summed E-state index contributed by atoms with van der Waals surface area (Å²) in [6.45, 7) is 0. The summed E-state index contributed by atoms with van der Waals surface area (Å²) in [6, 6.07) is 1.85. The fourth-order valence-corrected chi connectivity index (χ4v) is 2.70. The normalized spacial score (nSPS) is 13.2. The monoisotopic (exact) mass is 346 g/mol. The number of hydrogen-bond acceptors (Lipinski definition) is 5. The molecule has 3 heterocycles. The SMILES string of the molecule is CNc1ncc(C#Cc2cnn(C)c2)c2cc(NC(=O)C3CC3)ncc12. The number of pyridine rings is 2. The highest BCUT2D eigenvalue weighted by atomic mass is 16.2. The lowest BCUT2D eigenvalue weighted by molar-refractivity contribution is -0.117. The second-order valence-corrected chi connectivity index (χ2v) is 6.30. The molecule has 7 heteroatoms. The van der Waals surface area contributed by atoms with E-state index in [-0.39, 0.29) is 11.8 Å². The lowest BCUT2D eigenvalue weighted by Crippen LogP contribution is -2.14. The van der Waals surface area contributed by atoms with Gasteiger partial charge in [0.1, 0.15) is 11.6 Å². The molecule has 26 heavy (non-hydrogen) atoms. The molecule has 0 radical (unpaired) electrons. The van der Waals surface area contributed by atoms with E-state index < -0.39 is 0 Å². The first-order valence-corrected chi connectivity index (χ1v) is 8.42. The van der Waals surface area contributed by atoms with Gasteiger partial charge in [-0.15, -0.1) is 0 Å². The van der Waals surface area contributed by atoms with Gasteiger partial charge in [0.2, 0.25) is 5.91 Å². The van der Waals surface area contributed by atoms with E-state index in [1.807, 2.05) is 26.4 Å². The van der Waals surface area contributed by atoms with Crippen LogP contribution in [-0.4, -0.2) is 32.7 Å². The maximum Gasteiger partial charge on any atom is 0.228 e. The van der Waals surface area contributed by atoms with E-state index in [9.17, 15) is 4.79 Å². The summed E-state index contributed by atoms with van der Waals surface area (Å²) >= 11 is 0. The molecule has 0 aromatic carbocycles. The van der Waals surface area contributed by atoms with Gasteiger partial charge in [-0.25, -0.2) is 9.97 Å². The van der Waals surface area contributed by atoms with Gasteiger partial charge in [0.05, 0.1) is 17.3 Å². The Hall–Kier alpha value is -3.40. The van der Waals surface area contributed by atoms with Crippen LogP contribution in [0.3, 0.4) is 0 Å². The Morgan fingerprint density at radius 2 is 2.04 bits per heavy atom. The third kappa shape index (κ3) is 3.22. The standard InChI is InChI=1S/C19H18N6O/c1-20-18-16-10-21-17(24-19(26)13-5-6-13)7-15(16)14(9-22-18)4-3-12-8-23-25(2)11-12/h7-11,13H,5-6H2,1-2H3,(H,20,22)(H,21,24,26). The quantitative estimate of drug-likeness (QED) is 0.710. The molecule has 0 saturated heterocycles. The summed E-state index contributed by atoms with van der Waals surface area (Å²) in [4.78, 5) is 20.8. The van der Waals surface area contributed by atoms with Crippen LogP contribution in [0.5, 0.6) is 0 Å². The van der Waals surface area contributed by atoms with Gasteiger partial charge in [0.25, 0.3) is 0 Å². The first-order chi connectivity index (χ1) is 12.6. The molecule has 0 bridgehead atoms. The Morgan fingerprint density at radius 1 is 1.19 bits per heavy atom. The highest BCUT2D eigenvalue weighted by Gasteiger charge is 2.29. The molecule has 7 nitrogen and oxygen atoms in total. The smallest absolute Gasteiger partial charge is 0.228 e. The van der Waals surface area contributed by atoms with E-state index in [0.717, 1.165) is 40.6 Å². The van der Waals surface area contributed by atoms with Crippen molar-refractivity contribution in [3.05, 3.63) is 42.0 Å². The first kappa shape index (κ1) is 16.1. The van der Waals surface area contributed by atoms with Crippen molar-refractivity contribution in [2.75, 3.05) is 17.7 Å². The number of nitrogens with zero attached hydrogens (tertiary/aromatic N) is 4. The Bertz CT molecular complexity index is 1050. The third-order valence-electron chi connectivity index (χ3n) is 4.25. The van der Waals surface area contributed by atoms with Gasteiger partial charge >= 0.3 is 0 Å². The minimum Gasteiger partial charge on any atom is -0.373 e. The fourth-order valence-electron chi connectivity index (χ4n) is 2.70. The predicted octanol–water partition coefficient (Wildman–Crippen LogP) is 2.15. The highest BCUT2D eigenvalue weighted by molar-refractivity contribution is 5.99. The largest absolute Gasteiger partial charge is 0.373 e. The zero-order valence-electron chi connectivity index (χ0n) is 14.6. The molecule has 3 aromatic rings. The van der Waals surface area contributed by atoms with Crippen LogP contribution in [0.25, 0.3) is 10.8 Å². The minimum atomic E-state index is 0.0303. The lowest BCUT2D eigenvalue weighted by atomic mass is 10.1. The Balaban J connectivity index is 1.75. The molecule has 1 saturated carbocycles. The van der Waals surface area contributed by atoms with E-state index in [2.05, 4.69) is 37.5 Å². The topological polar surface area (TPSA) is 84.7 Å². The molecule has 0 aliphatic heterocycles. The second-order valence-electron chi connectivity index (χ2n) is 6.30. The number of amides is 1. The summed E-state index contributed by atoms with van der Waals surface area (Å²) in [5.41, 5.74) is 1.60. The molecular formula is C19H18N6O. The van der Waals surface area contributed by atoms with Crippen molar-refractivity contribution in [3.8, 4) is 11.8 Å². The van der Waals surface area contributed by atoms with E-state index in [1.165, 1.54) is 0 Å². The maximum atomic E-state index is 12.0. The zero-order chi connectivity index (χ0) is 18.1. The predicted molar refractivity (Wildman–Crippen MR) is 99.6 cm³/mol. The van der Waals surface area contributed by atoms with Crippen LogP contribution in [0, 0.1) is 17.8 Å². The van der Waals surface area contributed by atoms with Gasteiger partial charge in [-0.3, -0.25) is 9.48 Å². The summed E-state index contributed by atoms with van der Waals surface area (Å²) in [5.74, 6) is 7.66. The van der Waals surface area contributed by atoms with Crippen LogP contribution in [0.15, 0.2) is 30.9 Å². The average molecular weight is 346 g/mol. The van der Waals surface area contributed by atoms with Gasteiger partial charge in [0.15, 0.2) is 0 Å². The number of hydrogen-bond donors (Lipinski definition) is 2. The highest BCUT2D eigenvalue weighted by Crippen LogP contribution is 2.31. The summed E-state index contributed by atoms with van der Waals surface area (Å²) < 4.78 is 1.71. The molecule has 1 aliphatic rings. The summed E-state index contributed by atoms with van der Waals surface area (Å²) in [7, 11) is 3.66. The number of carbonyl (C=O) groups is 1. The van der Waals surface area contributed by atoms with Crippen LogP contribution >= 0.6 is 0 Å². The van der Waals surface area contributed by atoms with Gasteiger partial charge in [-0.1, -0.05) is 11.8 Å². The van der Waals surface area contributed by atoms with Crippen molar-refractivity contribution in [1.82, 2.24) is 19.7 Å². The molecule has 4 rings (SSSR count). The number of anilines is 2. The molecular weight excluding hydrogens is 328 g/mol. The lowest BCUT2D eigenvalue weighted by Gasteiger charge is -2.09. The van der Waals surface area contributed by atoms with Crippen molar-refractivity contribution >= 4 is 28.3 Å². The summed E-state index contributed by atoms with van der Waals surface area (Å²) in [6.07, 6.45) is 8.92. The molecule has 1 aliphatic carbocycles. The number of aryl methyl sites for hydroxylation is 1. The van der Waals surface area contributed by atoms with Crippen LogP contribution in [-0.2, 0) is 11.8 Å².